The minimum absolute atomic E-state index is 0.798. The zero-order chi connectivity index (χ0) is 12.3. The number of piperidine rings is 1. The van der Waals surface area contributed by atoms with Gasteiger partial charge in [0.05, 0.1) is 5.69 Å². The summed E-state index contributed by atoms with van der Waals surface area (Å²) in [6.45, 7) is 5.46. The summed E-state index contributed by atoms with van der Waals surface area (Å²) in [6.07, 6.45) is 2.56. The molecule has 2 heterocycles. The van der Waals surface area contributed by atoms with Gasteiger partial charge in [-0.05, 0) is 66.8 Å². The lowest BCUT2D eigenvalue weighted by Gasteiger charge is -2.28. The summed E-state index contributed by atoms with van der Waals surface area (Å²) in [5, 5.41) is 3.40. The van der Waals surface area contributed by atoms with Crippen LogP contribution in [0.25, 0.3) is 0 Å². The van der Waals surface area contributed by atoms with Crippen LogP contribution in [0.5, 0.6) is 0 Å². The highest BCUT2D eigenvalue weighted by atomic mass is 79.9. The summed E-state index contributed by atoms with van der Waals surface area (Å²) in [4.78, 5) is 6.87. The van der Waals surface area contributed by atoms with Gasteiger partial charge in [0, 0.05) is 18.1 Å². The van der Waals surface area contributed by atoms with Gasteiger partial charge >= 0.3 is 0 Å². The van der Waals surface area contributed by atoms with Gasteiger partial charge in [-0.1, -0.05) is 0 Å². The van der Waals surface area contributed by atoms with Gasteiger partial charge in [0.25, 0.3) is 0 Å². The zero-order valence-corrected chi connectivity index (χ0v) is 12.1. The third-order valence-electron chi connectivity index (χ3n) is 3.39. The largest absolute Gasteiger partial charge is 0.359 e. The minimum Gasteiger partial charge on any atom is -0.359 e. The standard InChI is InChI=1S/C13H20BrN3/c1-10-12(14)3-4-13(16-10)17(2)9-11-5-7-15-8-6-11/h3-4,11,15H,5-9H2,1-2H3. The second-order valence-electron chi connectivity index (χ2n) is 4.81. The van der Waals surface area contributed by atoms with Gasteiger partial charge in [0.15, 0.2) is 0 Å². The molecule has 1 fully saturated rings. The maximum atomic E-state index is 4.60. The molecule has 17 heavy (non-hydrogen) atoms. The monoisotopic (exact) mass is 297 g/mol. The number of hydrogen-bond donors (Lipinski definition) is 1. The smallest absolute Gasteiger partial charge is 0.128 e. The molecule has 3 nitrogen and oxygen atoms in total. The van der Waals surface area contributed by atoms with Crippen LogP contribution in [0.4, 0.5) is 5.82 Å². The van der Waals surface area contributed by atoms with Crippen LogP contribution in [0.1, 0.15) is 18.5 Å². The van der Waals surface area contributed by atoms with E-state index in [9.17, 15) is 0 Å². The molecule has 1 aromatic rings. The molecule has 1 aliphatic heterocycles. The number of aryl methyl sites for hydroxylation is 1. The van der Waals surface area contributed by atoms with Gasteiger partial charge in [-0.3, -0.25) is 0 Å². The first-order valence-corrected chi connectivity index (χ1v) is 7.01. The molecule has 0 bridgehead atoms. The summed E-state index contributed by atoms with van der Waals surface area (Å²) >= 11 is 3.49. The lowest BCUT2D eigenvalue weighted by Crippen LogP contribution is -2.34. The van der Waals surface area contributed by atoms with Crippen molar-refractivity contribution in [1.29, 1.82) is 0 Å². The Kier molecular flexibility index (Phi) is 4.40. The number of anilines is 1. The molecule has 0 unspecified atom stereocenters. The summed E-state index contributed by atoms with van der Waals surface area (Å²) in [5.74, 6) is 1.87. The van der Waals surface area contributed by atoms with Gasteiger partial charge in [-0.15, -0.1) is 0 Å². The van der Waals surface area contributed by atoms with Crippen molar-refractivity contribution in [2.45, 2.75) is 19.8 Å². The SMILES string of the molecule is Cc1nc(N(C)CC2CCNCC2)ccc1Br. The normalized spacial score (nSPS) is 17.1. The fraction of sp³-hybridized carbons (Fsp3) is 0.615. The molecule has 0 radical (unpaired) electrons. The maximum absolute atomic E-state index is 4.60. The Morgan fingerprint density at radius 3 is 2.76 bits per heavy atom. The number of nitrogens with one attached hydrogen (secondary N) is 1. The molecule has 1 saturated heterocycles. The van der Waals surface area contributed by atoms with Crippen molar-refractivity contribution in [3.63, 3.8) is 0 Å². The number of rotatable bonds is 3. The van der Waals surface area contributed by atoms with E-state index in [-0.39, 0.29) is 0 Å². The van der Waals surface area contributed by atoms with Crippen molar-refractivity contribution in [2.75, 3.05) is 31.6 Å². The first-order valence-electron chi connectivity index (χ1n) is 6.22. The van der Waals surface area contributed by atoms with E-state index >= 15 is 0 Å². The van der Waals surface area contributed by atoms with Crippen LogP contribution in [0.3, 0.4) is 0 Å². The number of hydrogen-bond acceptors (Lipinski definition) is 3. The third-order valence-corrected chi connectivity index (χ3v) is 4.23. The first-order chi connectivity index (χ1) is 8.16. The predicted octanol–water partition coefficient (Wildman–Crippen LogP) is 2.59. The highest BCUT2D eigenvalue weighted by molar-refractivity contribution is 9.10. The molecule has 0 amide bonds. The fourth-order valence-electron chi connectivity index (χ4n) is 2.29. The Balaban J connectivity index is 1.98. The molecule has 0 aliphatic carbocycles. The van der Waals surface area contributed by atoms with E-state index in [1.165, 1.54) is 12.8 Å². The quantitative estimate of drug-likeness (QED) is 0.929. The van der Waals surface area contributed by atoms with Gasteiger partial charge in [0.1, 0.15) is 5.82 Å². The molecule has 0 saturated carbocycles. The van der Waals surface area contributed by atoms with E-state index in [1.54, 1.807) is 0 Å². The van der Waals surface area contributed by atoms with Crippen molar-refractivity contribution >= 4 is 21.7 Å². The average molecular weight is 298 g/mol. The molecule has 0 aromatic carbocycles. The van der Waals surface area contributed by atoms with E-state index in [4.69, 9.17) is 0 Å². The number of aromatic nitrogens is 1. The lowest BCUT2D eigenvalue weighted by molar-refractivity contribution is 0.377. The lowest BCUT2D eigenvalue weighted by atomic mass is 9.98. The topological polar surface area (TPSA) is 28.2 Å². The van der Waals surface area contributed by atoms with Crippen molar-refractivity contribution < 1.29 is 0 Å². The highest BCUT2D eigenvalue weighted by Gasteiger charge is 2.15. The van der Waals surface area contributed by atoms with Crippen LogP contribution in [-0.2, 0) is 0 Å². The van der Waals surface area contributed by atoms with E-state index < -0.39 is 0 Å². The van der Waals surface area contributed by atoms with Crippen molar-refractivity contribution in [3.8, 4) is 0 Å². The van der Waals surface area contributed by atoms with Crippen molar-refractivity contribution in [3.05, 3.63) is 22.3 Å². The Morgan fingerprint density at radius 2 is 2.12 bits per heavy atom. The third kappa shape index (κ3) is 3.42. The predicted molar refractivity (Wildman–Crippen MR) is 75.5 cm³/mol. The fourth-order valence-corrected chi connectivity index (χ4v) is 2.51. The molecule has 1 aromatic heterocycles. The number of pyridine rings is 1. The molecule has 2 rings (SSSR count). The van der Waals surface area contributed by atoms with Gasteiger partial charge in [0.2, 0.25) is 0 Å². The molecule has 0 spiro atoms. The summed E-state index contributed by atoms with van der Waals surface area (Å²) in [6, 6.07) is 4.16. The average Bonchev–Trinajstić information content (AvgIpc) is 2.34. The van der Waals surface area contributed by atoms with Gasteiger partial charge < -0.3 is 10.2 Å². The molecular weight excluding hydrogens is 278 g/mol. The Labute approximate surface area is 112 Å². The van der Waals surface area contributed by atoms with E-state index in [0.29, 0.717) is 0 Å². The van der Waals surface area contributed by atoms with E-state index in [0.717, 1.165) is 41.5 Å². The maximum Gasteiger partial charge on any atom is 0.128 e. The molecular formula is C13H20BrN3. The van der Waals surface area contributed by atoms with Gasteiger partial charge in [-0.2, -0.15) is 0 Å². The number of nitrogens with zero attached hydrogens (tertiary/aromatic N) is 2. The first kappa shape index (κ1) is 12.8. The zero-order valence-electron chi connectivity index (χ0n) is 10.5. The summed E-state index contributed by atoms with van der Waals surface area (Å²) in [7, 11) is 2.14. The van der Waals surface area contributed by atoms with E-state index in [1.807, 2.05) is 6.92 Å². The van der Waals surface area contributed by atoms with Gasteiger partial charge in [-0.25, -0.2) is 4.98 Å². The van der Waals surface area contributed by atoms with Crippen molar-refractivity contribution in [1.82, 2.24) is 10.3 Å². The van der Waals surface area contributed by atoms with E-state index in [2.05, 4.69) is 50.3 Å². The minimum atomic E-state index is 0.798. The van der Waals surface area contributed by atoms with Crippen LogP contribution in [0.2, 0.25) is 0 Å². The Bertz CT molecular complexity index is 375. The molecule has 4 heteroatoms. The molecule has 94 valence electrons. The summed E-state index contributed by atoms with van der Waals surface area (Å²) < 4.78 is 1.08. The molecule has 1 N–H and O–H groups in total. The number of halogens is 1. The molecule has 1 aliphatic rings. The summed E-state index contributed by atoms with van der Waals surface area (Å²) in [5.41, 5.74) is 1.06. The Hall–Kier alpha value is -0.610. The molecule has 0 atom stereocenters. The van der Waals surface area contributed by atoms with Crippen LogP contribution in [0, 0.1) is 12.8 Å². The highest BCUT2D eigenvalue weighted by Crippen LogP contribution is 2.20. The van der Waals surface area contributed by atoms with Crippen LogP contribution in [-0.4, -0.2) is 31.7 Å². The van der Waals surface area contributed by atoms with Crippen molar-refractivity contribution in [2.24, 2.45) is 5.92 Å². The van der Waals surface area contributed by atoms with Crippen LogP contribution < -0.4 is 10.2 Å². The van der Waals surface area contributed by atoms with Crippen LogP contribution >= 0.6 is 15.9 Å². The second kappa shape index (κ2) is 5.83. The Morgan fingerprint density at radius 1 is 1.41 bits per heavy atom. The second-order valence-corrected chi connectivity index (χ2v) is 5.66. The van der Waals surface area contributed by atoms with Crippen LogP contribution in [0.15, 0.2) is 16.6 Å².